The fourth-order valence-corrected chi connectivity index (χ4v) is 0.920. The fourth-order valence-electron chi connectivity index (χ4n) is 0.920. The molecule has 1 aromatic heterocycles. The molecule has 0 aliphatic carbocycles. The van der Waals surface area contributed by atoms with E-state index in [-0.39, 0.29) is 5.92 Å². The van der Waals surface area contributed by atoms with Gasteiger partial charge in [-0.1, -0.05) is 40.7 Å². The number of rotatable bonds is 3. The van der Waals surface area contributed by atoms with E-state index in [1.54, 1.807) is 13.1 Å². The molecule has 1 N–H and O–H groups in total. The maximum Gasteiger partial charge on any atom is 0.306 e. The number of carboxylic acids is 1. The Balaban J connectivity index is 0. The van der Waals surface area contributed by atoms with Crippen LogP contribution in [-0.2, 0) is 11.2 Å². The molecule has 0 saturated heterocycles. The van der Waals surface area contributed by atoms with Crippen molar-refractivity contribution in [3.8, 4) is 0 Å². The van der Waals surface area contributed by atoms with Crippen LogP contribution in [0.25, 0.3) is 0 Å². The van der Waals surface area contributed by atoms with Gasteiger partial charge >= 0.3 is 5.97 Å². The minimum absolute atomic E-state index is 0.361. The minimum Gasteiger partial charge on any atom is -0.481 e. The molecule has 3 heteroatoms. The van der Waals surface area contributed by atoms with E-state index < -0.39 is 5.97 Å². The highest BCUT2D eigenvalue weighted by Gasteiger charge is 2.11. The lowest BCUT2D eigenvalue weighted by molar-refractivity contribution is -0.141. The normalized spacial score (nSPS) is 10.1. The van der Waals surface area contributed by atoms with Crippen molar-refractivity contribution in [3.05, 3.63) is 30.1 Å². The molecule has 0 bridgehead atoms. The summed E-state index contributed by atoms with van der Waals surface area (Å²) in [5, 5.41) is 8.62. The van der Waals surface area contributed by atoms with Crippen LogP contribution < -0.4 is 0 Å². The van der Waals surface area contributed by atoms with Crippen molar-refractivity contribution in [2.24, 2.45) is 5.92 Å². The second-order valence-corrected chi connectivity index (χ2v) is 2.76. The van der Waals surface area contributed by atoms with E-state index in [0.29, 0.717) is 6.42 Å². The second-order valence-electron chi connectivity index (χ2n) is 2.76. The van der Waals surface area contributed by atoms with Crippen LogP contribution in [0, 0.1) is 5.92 Å². The van der Waals surface area contributed by atoms with Gasteiger partial charge in [0.25, 0.3) is 0 Å². The number of carbonyl (C=O) groups is 1. The summed E-state index contributed by atoms with van der Waals surface area (Å²) in [4.78, 5) is 14.5. The van der Waals surface area contributed by atoms with Gasteiger partial charge in [0.15, 0.2) is 0 Å². The summed E-state index contributed by atoms with van der Waals surface area (Å²) in [6.07, 6.45) is 2.17. The zero-order valence-electron chi connectivity index (χ0n) is 10.9. The number of carboxylic acid groups (broad SMARTS) is 1. The van der Waals surface area contributed by atoms with Crippen LogP contribution in [0.2, 0.25) is 0 Å². The molecule has 0 fully saturated rings. The highest BCUT2D eigenvalue weighted by molar-refractivity contribution is 5.69. The Morgan fingerprint density at radius 2 is 1.88 bits per heavy atom. The summed E-state index contributed by atoms with van der Waals surface area (Å²) < 4.78 is 0. The van der Waals surface area contributed by atoms with Gasteiger partial charge in [-0.25, -0.2) is 0 Å². The third-order valence-corrected chi connectivity index (χ3v) is 1.66. The summed E-state index contributed by atoms with van der Waals surface area (Å²) in [7, 11) is 0. The molecule has 0 radical (unpaired) electrons. The summed E-state index contributed by atoms with van der Waals surface area (Å²) >= 11 is 0. The Hall–Kier alpha value is -1.38. The Bertz CT molecular complexity index is 260. The molecular weight excluding hydrogens is 202 g/mol. The molecule has 16 heavy (non-hydrogen) atoms. The first-order valence-corrected chi connectivity index (χ1v) is 5.83. The van der Waals surface area contributed by atoms with E-state index in [9.17, 15) is 4.79 Å². The van der Waals surface area contributed by atoms with Crippen molar-refractivity contribution in [3.63, 3.8) is 0 Å². The zero-order chi connectivity index (χ0) is 13.0. The van der Waals surface area contributed by atoms with Gasteiger partial charge < -0.3 is 5.11 Å². The summed E-state index contributed by atoms with van der Waals surface area (Å²) in [5.41, 5.74) is 0.826. The number of aromatic nitrogens is 1. The van der Waals surface area contributed by atoms with Crippen molar-refractivity contribution in [2.75, 3.05) is 0 Å². The first-order valence-electron chi connectivity index (χ1n) is 5.83. The van der Waals surface area contributed by atoms with Gasteiger partial charge in [-0.2, -0.15) is 0 Å². The topological polar surface area (TPSA) is 50.2 Å². The Kier molecular flexibility index (Phi) is 12.4. The predicted octanol–water partition coefficient (Wildman–Crippen LogP) is 3.40. The average Bonchev–Trinajstić information content (AvgIpc) is 2.35. The Morgan fingerprint density at radius 1 is 1.31 bits per heavy atom. The van der Waals surface area contributed by atoms with Crippen LogP contribution in [0.4, 0.5) is 0 Å². The molecule has 0 aromatic carbocycles. The molecule has 1 unspecified atom stereocenters. The molecule has 92 valence electrons. The van der Waals surface area contributed by atoms with Crippen LogP contribution >= 0.6 is 0 Å². The van der Waals surface area contributed by atoms with Crippen LogP contribution in [-0.4, -0.2) is 16.1 Å². The van der Waals surface area contributed by atoms with E-state index in [4.69, 9.17) is 5.11 Å². The van der Waals surface area contributed by atoms with Crippen LogP contribution in [0.1, 0.15) is 40.3 Å². The van der Waals surface area contributed by atoms with E-state index in [1.807, 2.05) is 45.9 Å². The summed E-state index contributed by atoms with van der Waals surface area (Å²) in [6, 6.07) is 5.51. The number of hydrogen-bond donors (Lipinski definition) is 1. The second kappa shape index (κ2) is 11.7. The quantitative estimate of drug-likeness (QED) is 0.857. The molecule has 0 saturated carbocycles. The SMILES string of the molecule is CC.CC.CC(Cc1ccccn1)C(=O)O. The highest BCUT2D eigenvalue weighted by atomic mass is 16.4. The summed E-state index contributed by atoms with van der Waals surface area (Å²) in [6.45, 7) is 9.68. The van der Waals surface area contributed by atoms with Gasteiger partial charge in [0.1, 0.15) is 0 Å². The number of pyridine rings is 1. The largest absolute Gasteiger partial charge is 0.481 e. The van der Waals surface area contributed by atoms with Crippen LogP contribution in [0.15, 0.2) is 24.4 Å². The molecule has 0 aliphatic rings. The van der Waals surface area contributed by atoms with E-state index >= 15 is 0 Å². The maximum atomic E-state index is 10.5. The Labute approximate surface area is 98.5 Å². The van der Waals surface area contributed by atoms with E-state index in [0.717, 1.165) is 5.69 Å². The first kappa shape index (κ1) is 17.0. The van der Waals surface area contributed by atoms with E-state index in [1.165, 1.54) is 0 Å². The van der Waals surface area contributed by atoms with Gasteiger partial charge in [0.2, 0.25) is 0 Å². The van der Waals surface area contributed by atoms with Crippen molar-refractivity contribution >= 4 is 5.97 Å². The molecule has 0 spiro atoms. The Morgan fingerprint density at radius 3 is 2.25 bits per heavy atom. The third kappa shape index (κ3) is 7.97. The minimum atomic E-state index is -0.777. The fraction of sp³-hybridized carbons (Fsp3) is 0.538. The molecule has 1 aromatic rings. The van der Waals surface area contributed by atoms with Gasteiger partial charge in [0.05, 0.1) is 5.92 Å². The van der Waals surface area contributed by atoms with Crippen LogP contribution in [0.5, 0.6) is 0 Å². The predicted molar refractivity (Wildman–Crippen MR) is 67.4 cm³/mol. The van der Waals surface area contributed by atoms with Crippen molar-refractivity contribution < 1.29 is 9.90 Å². The summed E-state index contributed by atoms with van der Waals surface area (Å²) in [5.74, 6) is -1.14. The zero-order valence-corrected chi connectivity index (χ0v) is 10.9. The average molecular weight is 225 g/mol. The van der Waals surface area contributed by atoms with Gasteiger partial charge in [-0.05, 0) is 12.1 Å². The number of hydrogen-bond acceptors (Lipinski definition) is 2. The van der Waals surface area contributed by atoms with Gasteiger partial charge in [0, 0.05) is 18.3 Å². The van der Waals surface area contributed by atoms with Crippen molar-refractivity contribution in [1.29, 1.82) is 0 Å². The van der Waals surface area contributed by atoms with Gasteiger partial charge in [-0.3, -0.25) is 9.78 Å². The lowest BCUT2D eigenvalue weighted by Crippen LogP contribution is -2.12. The first-order chi connectivity index (χ1) is 7.70. The molecule has 1 atom stereocenters. The lowest BCUT2D eigenvalue weighted by Gasteiger charge is -2.03. The maximum absolute atomic E-state index is 10.5. The van der Waals surface area contributed by atoms with Crippen molar-refractivity contribution in [2.45, 2.75) is 41.0 Å². The standard InChI is InChI=1S/C9H11NO2.2C2H6/c1-7(9(11)12)6-8-4-2-3-5-10-8;2*1-2/h2-5,7H,6H2,1H3,(H,11,12);2*1-2H3. The van der Waals surface area contributed by atoms with Crippen molar-refractivity contribution in [1.82, 2.24) is 4.98 Å². The molecular formula is C13H23NO2. The lowest BCUT2D eigenvalue weighted by atomic mass is 10.1. The number of nitrogens with zero attached hydrogens (tertiary/aromatic N) is 1. The van der Waals surface area contributed by atoms with Crippen LogP contribution in [0.3, 0.4) is 0 Å². The third-order valence-electron chi connectivity index (χ3n) is 1.66. The highest BCUT2D eigenvalue weighted by Crippen LogP contribution is 2.04. The van der Waals surface area contributed by atoms with Gasteiger partial charge in [-0.15, -0.1) is 0 Å². The monoisotopic (exact) mass is 225 g/mol. The molecule has 1 rings (SSSR count). The number of aliphatic carboxylic acids is 1. The smallest absolute Gasteiger partial charge is 0.306 e. The molecule has 1 heterocycles. The molecule has 0 amide bonds. The molecule has 3 nitrogen and oxygen atoms in total. The van der Waals surface area contributed by atoms with E-state index in [2.05, 4.69) is 4.98 Å². The molecule has 0 aliphatic heterocycles.